The molecule has 0 unspecified atom stereocenters. The molecule has 1 aliphatic carbocycles. The Morgan fingerprint density at radius 1 is 1.00 bits per heavy atom. The SMILES string of the molecule is O=C1c2ccccc2CC[C@@H]1c1ccc(O)cc1. The monoisotopic (exact) mass is 238 g/mol. The number of hydrogen-bond donors (Lipinski definition) is 1. The van der Waals surface area contributed by atoms with Crippen molar-refractivity contribution >= 4 is 5.78 Å². The maximum absolute atomic E-state index is 12.4. The summed E-state index contributed by atoms with van der Waals surface area (Å²) in [6.07, 6.45) is 1.79. The smallest absolute Gasteiger partial charge is 0.170 e. The highest BCUT2D eigenvalue weighted by Gasteiger charge is 2.27. The summed E-state index contributed by atoms with van der Waals surface area (Å²) in [5.41, 5.74) is 2.99. The van der Waals surface area contributed by atoms with E-state index in [0.717, 1.165) is 29.5 Å². The first kappa shape index (κ1) is 11.0. The van der Waals surface area contributed by atoms with Gasteiger partial charge >= 0.3 is 0 Å². The van der Waals surface area contributed by atoms with Crippen LogP contribution in [0.4, 0.5) is 0 Å². The molecule has 1 N–H and O–H groups in total. The Morgan fingerprint density at radius 2 is 1.72 bits per heavy atom. The van der Waals surface area contributed by atoms with Crippen molar-refractivity contribution in [2.45, 2.75) is 18.8 Å². The fourth-order valence-corrected chi connectivity index (χ4v) is 2.62. The highest BCUT2D eigenvalue weighted by atomic mass is 16.3. The Hall–Kier alpha value is -2.09. The summed E-state index contributed by atoms with van der Waals surface area (Å²) in [7, 11) is 0. The number of phenols is 1. The van der Waals surface area contributed by atoms with E-state index in [-0.39, 0.29) is 17.5 Å². The Morgan fingerprint density at radius 3 is 2.50 bits per heavy atom. The van der Waals surface area contributed by atoms with Gasteiger partial charge in [0.05, 0.1) is 0 Å². The summed E-state index contributed by atoms with van der Waals surface area (Å²) in [5, 5.41) is 9.29. The van der Waals surface area contributed by atoms with Gasteiger partial charge < -0.3 is 5.11 Å². The molecule has 0 heterocycles. The van der Waals surface area contributed by atoms with Crippen molar-refractivity contribution in [2.75, 3.05) is 0 Å². The van der Waals surface area contributed by atoms with Crippen LogP contribution in [-0.4, -0.2) is 10.9 Å². The number of carbonyl (C=O) groups is 1. The molecule has 0 spiro atoms. The number of fused-ring (bicyclic) bond motifs is 1. The zero-order valence-electron chi connectivity index (χ0n) is 9.97. The molecule has 0 radical (unpaired) electrons. The van der Waals surface area contributed by atoms with Gasteiger partial charge in [-0.1, -0.05) is 36.4 Å². The van der Waals surface area contributed by atoms with E-state index in [4.69, 9.17) is 0 Å². The fraction of sp³-hybridized carbons (Fsp3) is 0.188. The van der Waals surface area contributed by atoms with E-state index in [1.54, 1.807) is 12.1 Å². The summed E-state index contributed by atoms with van der Waals surface area (Å²) < 4.78 is 0. The lowest BCUT2D eigenvalue weighted by molar-refractivity contribution is 0.0946. The minimum Gasteiger partial charge on any atom is -0.508 e. The second-order valence-electron chi connectivity index (χ2n) is 4.70. The zero-order valence-corrected chi connectivity index (χ0v) is 9.97. The number of hydrogen-bond acceptors (Lipinski definition) is 2. The molecule has 3 rings (SSSR count). The largest absolute Gasteiger partial charge is 0.508 e. The van der Waals surface area contributed by atoms with Gasteiger partial charge in [-0.15, -0.1) is 0 Å². The van der Waals surface area contributed by atoms with Crippen molar-refractivity contribution in [2.24, 2.45) is 0 Å². The molecule has 0 saturated heterocycles. The molecule has 18 heavy (non-hydrogen) atoms. The number of ketones is 1. The predicted molar refractivity (Wildman–Crippen MR) is 69.9 cm³/mol. The Balaban J connectivity index is 1.97. The summed E-state index contributed by atoms with van der Waals surface area (Å²) in [4.78, 5) is 12.4. The zero-order chi connectivity index (χ0) is 12.5. The fourth-order valence-electron chi connectivity index (χ4n) is 2.62. The van der Waals surface area contributed by atoms with Gasteiger partial charge in [-0.05, 0) is 36.1 Å². The van der Waals surface area contributed by atoms with E-state index in [1.165, 1.54) is 0 Å². The van der Waals surface area contributed by atoms with Crippen molar-refractivity contribution in [1.29, 1.82) is 0 Å². The Labute approximate surface area is 106 Å². The Bertz CT molecular complexity index is 584. The van der Waals surface area contributed by atoms with Crippen LogP contribution in [0.1, 0.15) is 33.8 Å². The second-order valence-corrected chi connectivity index (χ2v) is 4.70. The maximum atomic E-state index is 12.4. The van der Waals surface area contributed by atoms with Gasteiger partial charge in [-0.3, -0.25) is 4.79 Å². The van der Waals surface area contributed by atoms with E-state index < -0.39 is 0 Å². The molecule has 0 fully saturated rings. The van der Waals surface area contributed by atoms with Crippen LogP contribution in [0.2, 0.25) is 0 Å². The first-order chi connectivity index (χ1) is 8.75. The third-order valence-corrected chi connectivity index (χ3v) is 3.60. The minimum atomic E-state index is -0.0690. The number of carbonyl (C=O) groups excluding carboxylic acids is 1. The molecule has 1 atom stereocenters. The molecule has 1 aliphatic rings. The number of phenolic OH excluding ortho intramolecular Hbond substituents is 1. The summed E-state index contributed by atoms with van der Waals surface area (Å²) in [6.45, 7) is 0. The van der Waals surface area contributed by atoms with Crippen LogP contribution >= 0.6 is 0 Å². The molecule has 0 saturated carbocycles. The molecule has 2 aromatic rings. The number of aryl methyl sites for hydroxylation is 1. The van der Waals surface area contributed by atoms with Gasteiger partial charge in [0, 0.05) is 11.5 Å². The molecule has 2 aromatic carbocycles. The van der Waals surface area contributed by atoms with Crippen LogP contribution in [0.15, 0.2) is 48.5 Å². The molecule has 0 amide bonds. The van der Waals surface area contributed by atoms with Crippen molar-refractivity contribution in [1.82, 2.24) is 0 Å². The van der Waals surface area contributed by atoms with Crippen molar-refractivity contribution in [3.63, 3.8) is 0 Å². The van der Waals surface area contributed by atoms with E-state index in [2.05, 4.69) is 0 Å². The molecular formula is C16H14O2. The van der Waals surface area contributed by atoms with Crippen LogP contribution in [0.3, 0.4) is 0 Å². The normalized spacial score (nSPS) is 18.4. The predicted octanol–water partition coefficient (Wildman–Crippen LogP) is 3.30. The molecular weight excluding hydrogens is 224 g/mol. The van der Waals surface area contributed by atoms with Crippen molar-refractivity contribution in [3.05, 3.63) is 65.2 Å². The van der Waals surface area contributed by atoms with E-state index >= 15 is 0 Å². The summed E-state index contributed by atoms with van der Waals surface area (Å²) >= 11 is 0. The van der Waals surface area contributed by atoms with Crippen molar-refractivity contribution < 1.29 is 9.90 Å². The number of benzene rings is 2. The van der Waals surface area contributed by atoms with Crippen molar-refractivity contribution in [3.8, 4) is 5.75 Å². The van der Waals surface area contributed by atoms with Gasteiger partial charge in [-0.2, -0.15) is 0 Å². The molecule has 2 heteroatoms. The third-order valence-electron chi connectivity index (χ3n) is 3.60. The van der Waals surface area contributed by atoms with Crippen LogP contribution in [0, 0.1) is 0 Å². The van der Waals surface area contributed by atoms with Gasteiger partial charge in [0.25, 0.3) is 0 Å². The Kier molecular flexibility index (Phi) is 2.63. The highest BCUT2D eigenvalue weighted by Crippen LogP contribution is 2.33. The maximum Gasteiger partial charge on any atom is 0.170 e. The van der Waals surface area contributed by atoms with Gasteiger partial charge in [-0.25, -0.2) is 0 Å². The number of rotatable bonds is 1. The first-order valence-electron chi connectivity index (χ1n) is 6.17. The third kappa shape index (κ3) is 1.80. The summed E-state index contributed by atoms with van der Waals surface area (Å²) in [5.74, 6) is 0.366. The minimum absolute atomic E-state index is 0.0690. The van der Waals surface area contributed by atoms with Crippen LogP contribution < -0.4 is 0 Å². The van der Waals surface area contributed by atoms with Crippen LogP contribution in [0.5, 0.6) is 5.75 Å². The highest BCUT2D eigenvalue weighted by molar-refractivity contribution is 6.03. The topological polar surface area (TPSA) is 37.3 Å². The molecule has 0 bridgehead atoms. The van der Waals surface area contributed by atoms with E-state index in [0.29, 0.717) is 0 Å². The lowest BCUT2D eigenvalue weighted by Gasteiger charge is -2.23. The molecule has 2 nitrogen and oxygen atoms in total. The molecule has 0 aliphatic heterocycles. The van der Waals surface area contributed by atoms with Crippen LogP contribution in [-0.2, 0) is 6.42 Å². The second kappa shape index (κ2) is 4.30. The average molecular weight is 238 g/mol. The molecule has 90 valence electrons. The van der Waals surface area contributed by atoms with Gasteiger partial charge in [0.15, 0.2) is 5.78 Å². The summed E-state index contributed by atoms with van der Waals surface area (Å²) in [6, 6.07) is 14.8. The standard InChI is InChI=1S/C16H14O2/c17-13-8-5-12(6-9-13)15-10-7-11-3-1-2-4-14(11)16(15)18/h1-6,8-9,15,17H,7,10H2/t15-/m1/s1. The van der Waals surface area contributed by atoms with Gasteiger partial charge in [0.1, 0.15) is 5.75 Å². The lowest BCUT2D eigenvalue weighted by Crippen LogP contribution is -2.20. The average Bonchev–Trinajstić information content (AvgIpc) is 2.41. The molecule has 0 aromatic heterocycles. The lowest BCUT2D eigenvalue weighted by atomic mass is 9.79. The van der Waals surface area contributed by atoms with Crippen LogP contribution in [0.25, 0.3) is 0 Å². The van der Waals surface area contributed by atoms with E-state index in [1.807, 2.05) is 36.4 Å². The number of Topliss-reactive ketones (excluding diaryl/α,β-unsaturated/α-hetero) is 1. The van der Waals surface area contributed by atoms with E-state index in [9.17, 15) is 9.90 Å². The van der Waals surface area contributed by atoms with Gasteiger partial charge in [0.2, 0.25) is 0 Å². The quantitative estimate of drug-likeness (QED) is 0.827. The number of aromatic hydroxyl groups is 1. The first-order valence-corrected chi connectivity index (χ1v) is 6.17.